The molecule has 3 aromatic rings. The van der Waals surface area contributed by atoms with E-state index in [4.69, 9.17) is 4.74 Å². The summed E-state index contributed by atoms with van der Waals surface area (Å²) >= 11 is 0. The van der Waals surface area contributed by atoms with E-state index in [0.717, 1.165) is 28.6 Å². The minimum atomic E-state index is -4.14. The van der Waals surface area contributed by atoms with E-state index in [2.05, 4.69) is 5.32 Å². The maximum Gasteiger partial charge on any atom is 0.338 e. The number of sulfonamides is 1. The van der Waals surface area contributed by atoms with Crippen molar-refractivity contribution >= 4 is 33.3 Å². The largest absolute Gasteiger partial charge is 0.462 e. The second-order valence-electron chi connectivity index (χ2n) is 6.65. The van der Waals surface area contributed by atoms with Gasteiger partial charge in [0.25, 0.3) is 10.0 Å². The number of nitrogens with one attached hydrogen (secondary N) is 1. The smallest absolute Gasteiger partial charge is 0.338 e. The zero-order chi connectivity index (χ0) is 23.1. The number of carbonyl (C=O) groups excluding carboxylic acids is 2. The molecule has 32 heavy (non-hydrogen) atoms. The van der Waals surface area contributed by atoms with Gasteiger partial charge in [-0.1, -0.05) is 18.2 Å². The molecular formula is C23H21FN2O5S. The number of amides is 1. The van der Waals surface area contributed by atoms with Gasteiger partial charge in [-0.25, -0.2) is 17.6 Å². The fourth-order valence-electron chi connectivity index (χ4n) is 2.88. The Balaban J connectivity index is 1.82. The highest BCUT2D eigenvalue weighted by Gasteiger charge is 2.27. The van der Waals surface area contributed by atoms with Crippen LogP contribution in [0.5, 0.6) is 0 Å². The van der Waals surface area contributed by atoms with E-state index < -0.39 is 34.3 Å². The van der Waals surface area contributed by atoms with Gasteiger partial charge in [0.2, 0.25) is 5.91 Å². The standard InChI is InChI=1S/C23H21FN2O5S/c1-2-31-23(28)17-8-12-19(13-9-17)25-22(27)16-26(20-6-4-3-5-7-20)32(29,30)21-14-10-18(24)11-15-21/h3-15H,2,16H2,1H3,(H,25,27). The van der Waals surface area contributed by atoms with Crippen LogP contribution in [0.15, 0.2) is 83.8 Å². The molecule has 7 nitrogen and oxygen atoms in total. The molecule has 0 aliphatic heterocycles. The third-order valence-corrected chi connectivity index (χ3v) is 6.20. The van der Waals surface area contributed by atoms with Crippen molar-refractivity contribution < 1.29 is 27.1 Å². The van der Waals surface area contributed by atoms with E-state index in [1.165, 1.54) is 24.3 Å². The molecule has 0 aliphatic carbocycles. The van der Waals surface area contributed by atoms with E-state index in [0.29, 0.717) is 11.3 Å². The van der Waals surface area contributed by atoms with E-state index in [1.807, 2.05) is 0 Å². The Morgan fingerprint density at radius 3 is 2.16 bits per heavy atom. The highest BCUT2D eigenvalue weighted by Crippen LogP contribution is 2.24. The molecule has 1 amide bonds. The predicted molar refractivity (Wildman–Crippen MR) is 118 cm³/mol. The Bertz CT molecular complexity index is 1180. The Kier molecular flexibility index (Phi) is 7.21. The molecule has 3 rings (SSSR count). The lowest BCUT2D eigenvalue weighted by Gasteiger charge is -2.24. The number of nitrogens with zero attached hydrogens (tertiary/aromatic N) is 1. The Morgan fingerprint density at radius 1 is 0.938 bits per heavy atom. The Labute approximate surface area is 185 Å². The lowest BCUT2D eigenvalue weighted by atomic mass is 10.2. The van der Waals surface area contributed by atoms with Crippen LogP contribution >= 0.6 is 0 Å². The molecule has 0 bridgehead atoms. The number of rotatable bonds is 8. The van der Waals surface area contributed by atoms with Crippen LogP contribution in [-0.2, 0) is 19.6 Å². The number of ether oxygens (including phenoxy) is 1. The van der Waals surface area contributed by atoms with Crippen LogP contribution in [0.25, 0.3) is 0 Å². The molecule has 0 saturated heterocycles. The highest BCUT2D eigenvalue weighted by molar-refractivity contribution is 7.92. The minimum absolute atomic E-state index is 0.144. The van der Waals surface area contributed by atoms with Gasteiger partial charge >= 0.3 is 5.97 Å². The van der Waals surface area contributed by atoms with Crippen LogP contribution in [0.4, 0.5) is 15.8 Å². The van der Waals surface area contributed by atoms with Crippen LogP contribution in [0.3, 0.4) is 0 Å². The summed E-state index contributed by atoms with van der Waals surface area (Å²) in [7, 11) is -4.14. The number of benzene rings is 3. The quantitative estimate of drug-likeness (QED) is 0.520. The van der Waals surface area contributed by atoms with Gasteiger partial charge in [0.05, 0.1) is 22.8 Å². The monoisotopic (exact) mass is 456 g/mol. The minimum Gasteiger partial charge on any atom is -0.462 e. The van der Waals surface area contributed by atoms with Gasteiger partial charge in [0, 0.05) is 5.69 Å². The first-order chi connectivity index (χ1) is 15.3. The van der Waals surface area contributed by atoms with Gasteiger partial charge in [-0.05, 0) is 67.6 Å². The summed E-state index contributed by atoms with van der Waals surface area (Å²) < 4.78 is 45.5. The van der Waals surface area contributed by atoms with Gasteiger partial charge in [-0.3, -0.25) is 9.10 Å². The maximum atomic E-state index is 13.3. The molecule has 0 heterocycles. The molecule has 0 fully saturated rings. The SMILES string of the molecule is CCOC(=O)c1ccc(NC(=O)CN(c2ccccc2)S(=O)(=O)c2ccc(F)cc2)cc1. The van der Waals surface area contributed by atoms with Crippen molar-refractivity contribution in [2.24, 2.45) is 0 Å². The van der Waals surface area contributed by atoms with Crippen LogP contribution in [0.2, 0.25) is 0 Å². The van der Waals surface area contributed by atoms with Crippen LogP contribution < -0.4 is 9.62 Å². The lowest BCUT2D eigenvalue weighted by molar-refractivity contribution is -0.114. The van der Waals surface area contributed by atoms with Gasteiger partial charge in [0.15, 0.2) is 0 Å². The molecule has 3 aromatic carbocycles. The number of para-hydroxylation sites is 1. The summed E-state index contributed by atoms with van der Waals surface area (Å²) in [6.45, 7) is 1.43. The molecular weight excluding hydrogens is 435 g/mol. The van der Waals surface area contributed by atoms with E-state index >= 15 is 0 Å². The van der Waals surface area contributed by atoms with Crippen molar-refractivity contribution in [3.8, 4) is 0 Å². The first kappa shape index (κ1) is 23.0. The molecule has 0 aliphatic rings. The average Bonchev–Trinajstić information content (AvgIpc) is 2.79. The topological polar surface area (TPSA) is 92.8 Å². The maximum absolute atomic E-state index is 13.3. The molecule has 0 atom stereocenters. The molecule has 166 valence electrons. The number of anilines is 2. The van der Waals surface area contributed by atoms with Crippen molar-refractivity contribution in [1.82, 2.24) is 0 Å². The van der Waals surface area contributed by atoms with Gasteiger partial charge in [0.1, 0.15) is 12.4 Å². The molecule has 0 saturated carbocycles. The second-order valence-corrected chi connectivity index (χ2v) is 8.51. The molecule has 1 N–H and O–H groups in total. The number of hydrogen-bond acceptors (Lipinski definition) is 5. The van der Waals surface area contributed by atoms with Gasteiger partial charge in [-0.15, -0.1) is 0 Å². The highest BCUT2D eigenvalue weighted by atomic mass is 32.2. The van der Waals surface area contributed by atoms with Gasteiger partial charge in [-0.2, -0.15) is 0 Å². The van der Waals surface area contributed by atoms with Crippen molar-refractivity contribution in [1.29, 1.82) is 0 Å². The van der Waals surface area contributed by atoms with Crippen molar-refractivity contribution in [3.63, 3.8) is 0 Å². The first-order valence-corrected chi connectivity index (χ1v) is 11.2. The van der Waals surface area contributed by atoms with Crippen LogP contribution in [0, 0.1) is 5.82 Å². The van der Waals surface area contributed by atoms with Crippen molar-refractivity contribution in [3.05, 3.63) is 90.2 Å². The normalized spacial score (nSPS) is 10.9. The summed E-state index contributed by atoms with van der Waals surface area (Å²) in [6.07, 6.45) is 0. The van der Waals surface area contributed by atoms with Crippen molar-refractivity contribution in [2.75, 3.05) is 22.8 Å². The number of halogens is 1. The summed E-state index contributed by atoms with van der Waals surface area (Å²) in [6, 6.07) is 18.5. The molecule has 9 heteroatoms. The predicted octanol–water partition coefficient (Wildman–Crippen LogP) is 3.84. The van der Waals surface area contributed by atoms with Crippen molar-refractivity contribution in [2.45, 2.75) is 11.8 Å². The fourth-order valence-corrected chi connectivity index (χ4v) is 4.30. The van der Waals surface area contributed by atoms with Crippen LogP contribution in [0.1, 0.15) is 17.3 Å². The zero-order valence-electron chi connectivity index (χ0n) is 17.2. The third kappa shape index (κ3) is 5.50. The van der Waals surface area contributed by atoms with Crippen LogP contribution in [-0.4, -0.2) is 33.4 Å². The number of hydrogen-bond donors (Lipinski definition) is 1. The molecule has 0 aromatic heterocycles. The Hall–Kier alpha value is -3.72. The number of esters is 1. The van der Waals surface area contributed by atoms with E-state index in [1.54, 1.807) is 37.3 Å². The summed E-state index contributed by atoms with van der Waals surface area (Å²) in [5, 5.41) is 2.62. The second kappa shape index (κ2) is 10.1. The molecule has 0 spiro atoms. The van der Waals surface area contributed by atoms with E-state index in [-0.39, 0.29) is 17.2 Å². The summed E-state index contributed by atoms with van der Waals surface area (Å²) in [5.41, 5.74) is 0.995. The average molecular weight is 456 g/mol. The lowest BCUT2D eigenvalue weighted by Crippen LogP contribution is -2.38. The third-order valence-electron chi connectivity index (χ3n) is 4.41. The zero-order valence-corrected chi connectivity index (χ0v) is 18.0. The van der Waals surface area contributed by atoms with E-state index in [9.17, 15) is 22.4 Å². The molecule has 0 unspecified atom stereocenters. The number of carbonyl (C=O) groups is 2. The Morgan fingerprint density at radius 2 is 1.56 bits per heavy atom. The first-order valence-electron chi connectivity index (χ1n) is 9.71. The molecule has 0 radical (unpaired) electrons. The fraction of sp³-hybridized carbons (Fsp3) is 0.130. The summed E-state index contributed by atoms with van der Waals surface area (Å²) in [5.74, 6) is -1.64. The van der Waals surface area contributed by atoms with Gasteiger partial charge < -0.3 is 10.1 Å². The summed E-state index contributed by atoms with van der Waals surface area (Å²) in [4.78, 5) is 24.3.